The first-order valence-electron chi connectivity index (χ1n) is 14.0. The van der Waals surface area contributed by atoms with Crippen molar-refractivity contribution in [2.45, 2.75) is 98.5 Å². The van der Waals surface area contributed by atoms with Crippen LogP contribution in [0.15, 0.2) is 53.3 Å². The van der Waals surface area contributed by atoms with Crippen molar-refractivity contribution < 1.29 is 62.0 Å². The number of aromatic hydroxyl groups is 2. The van der Waals surface area contributed by atoms with Crippen molar-refractivity contribution in [1.82, 2.24) is 0 Å². The van der Waals surface area contributed by atoms with Crippen LogP contribution in [0.2, 0.25) is 0 Å². The zero-order valence-electron chi connectivity index (χ0n) is 24.9. The molecule has 7 nitrogen and oxygen atoms in total. The molecular weight excluding hydrogens is 539 g/mol. The van der Waals surface area contributed by atoms with Gasteiger partial charge >= 0.3 is 29.6 Å². The van der Waals surface area contributed by atoms with Crippen LogP contribution in [-0.2, 0) is 21.0 Å². The first-order chi connectivity index (χ1) is 18.1. The van der Waals surface area contributed by atoms with Crippen LogP contribution in [0, 0.1) is 22.7 Å². The van der Waals surface area contributed by atoms with Gasteiger partial charge in [-0.2, -0.15) is 0 Å². The molecule has 1 unspecified atom stereocenters. The molecule has 0 aromatic heterocycles. The molecule has 40 heavy (non-hydrogen) atoms. The zero-order chi connectivity index (χ0) is 29.0. The second-order valence-electron chi connectivity index (χ2n) is 12.5. The maximum absolute atomic E-state index is 11.2. The van der Waals surface area contributed by atoms with E-state index in [1.54, 1.807) is 13.0 Å². The van der Waals surface area contributed by atoms with Gasteiger partial charge in [-0.15, -0.1) is 0 Å². The van der Waals surface area contributed by atoms with Gasteiger partial charge in [0, 0.05) is 5.56 Å². The van der Waals surface area contributed by atoms with E-state index in [-0.39, 0.29) is 51.9 Å². The minimum atomic E-state index is -4.88. The molecule has 0 aliphatic heterocycles. The summed E-state index contributed by atoms with van der Waals surface area (Å²) < 4.78 is 38.1. The molecule has 1 saturated carbocycles. The Balaban J connectivity index is 0.00000560. The van der Waals surface area contributed by atoms with Crippen LogP contribution >= 0.6 is 0 Å². The molecule has 1 aromatic carbocycles. The van der Waals surface area contributed by atoms with Crippen molar-refractivity contribution in [2.24, 2.45) is 22.7 Å². The molecule has 0 radical (unpaired) electrons. The standard InChI is InChI=1S/C31H46O7S.Na/c1-21-8-16-29-30(3,4)17-6-18-31(29,5)26(21)13-9-23(20-38-39(35,36)37)10-14-27(33)22(2)7-11-24-19-25(32)12-15-28(24)34;/h7-8,12,15,19-20,26-27,29,32-34H,6,9-11,13-14,16-18H2,1-5H3,(H,35,36,37);/q;+1/p-1/b22-7+,23-20+;/t26-,27?,29-,31+;/m0./s1. The zero-order valence-corrected chi connectivity index (χ0v) is 27.8. The summed E-state index contributed by atoms with van der Waals surface area (Å²) in [6.07, 6.45) is 11.5. The van der Waals surface area contributed by atoms with E-state index in [2.05, 4.69) is 38.0 Å². The summed E-state index contributed by atoms with van der Waals surface area (Å²) >= 11 is 0. The Morgan fingerprint density at radius 3 is 2.58 bits per heavy atom. The first kappa shape index (κ1) is 34.9. The van der Waals surface area contributed by atoms with Crippen LogP contribution in [0.3, 0.4) is 0 Å². The Morgan fingerprint density at radius 1 is 1.20 bits per heavy atom. The van der Waals surface area contributed by atoms with E-state index in [0.29, 0.717) is 54.2 Å². The summed E-state index contributed by atoms with van der Waals surface area (Å²) in [5.74, 6) is 1.05. The van der Waals surface area contributed by atoms with Gasteiger partial charge in [0.2, 0.25) is 0 Å². The molecule has 9 heteroatoms. The summed E-state index contributed by atoms with van der Waals surface area (Å²) in [6, 6.07) is 4.31. The van der Waals surface area contributed by atoms with E-state index in [1.165, 1.54) is 43.0 Å². The molecule has 4 atom stereocenters. The van der Waals surface area contributed by atoms with E-state index in [4.69, 9.17) is 0 Å². The topological polar surface area (TPSA) is 127 Å². The molecule has 3 rings (SSSR count). The number of hydrogen-bond acceptors (Lipinski definition) is 7. The van der Waals surface area contributed by atoms with Crippen molar-refractivity contribution in [3.63, 3.8) is 0 Å². The van der Waals surface area contributed by atoms with Gasteiger partial charge in [-0.1, -0.05) is 44.9 Å². The number of fused-ring (bicyclic) bond motifs is 1. The molecule has 2 aliphatic carbocycles. The fourth-order valence-corrected chi connectivity index (χ4v) is 7.34. The van der Waals surface area contributed by atoms with Crippen molar-refractivity contribution in [3.05, 3.63) is 58.9 Å². The van der Waals surface area contributed by atoms with Crippen molar-refractivity contribution in [1.29, 1.82) is 0 Å². The Morgan fingerprint density at radius 2 is 1.90 bits per heavy atom. The summed E-state index contributed by atoms with van der Waals surface area (Å²) in [5.41, 5.74) is 3.72. The van der Waals surface area contributed by atoms with Crippen LogP contribution in [0.25, 0.3) is 0 Å². The van der Waals surface area contributed by atoms with Gasteiger partial charge in [0.25, 0.3) is 10.4 Å². The maximum Gasteiger partial charge on any atom is 1.00 e. The van der Waals surface area contributed by atoms with Crippen molar-refractivity contribution >= 4 is 10.4 Å². The number of rotatable bonds is 11. The number of phenolic OH excluding ortho intramolecular Hbond substituents is 2. The summed E-state index contributed by atoms with van der Waals surface area (Å²) in [5, 5.41) is 30.4. The number of allylic oxidation sites excluding steroid dienone is 4. The third-order valence-corrected chi connectivity index (χ3v) is 9.69. The van der Waals surface area contributed by atoms with E-state index < -0.39 is 16.5 Å². The largest absolute Gasteiger partial charge is 1.00 e. The van der Waals surface area contributed by atoms with Crippen molar-refractivity contribution in [3.8, 4) is 11.5 Å². The van der Waals surface area contributed by atoms with Gasteiger partial charge < -0.3 is 24.1 Å². The number of aliphatic hydroxyl groups excluding tert-OH is 1. The molecule has 3 N–H and O–H groups in total. The van der Waals surface area contributed by atoms with E-state index in [1.807, 2.05) is 0 Å². The third kappa shape index (κ3) is 9.10. The average Bonchev–Trinajstić information content (AvgIpc) is 2.83. The van der Waals surface area contributed by atoms with Crippen LogP contribution in [0.5, 0.6) is 11.5 Å². The number of aliphatic hydroxyl groups is 1. The van der Waals surface area contributed by atoms with E-state index >= 15 is 0 Å². The smallest absolute Gasteiger partial charge is 0.716 e. The molecule has 0 heterocycles. The van der Waals surface area contributed by atoms with Crippen LogP contribution in [-0.4, -0.2) is 34.4 Å². The van der Waals surface area contributed by atoms with Gasteiger partial charge in [0.05, 0.1) is 6.10 Å². The third-order valence-electron chi connectivity index (χ3n) is 9.36. The first-order valence-corrected chi connectivity index (χ1v) is 15.3. The van der Waals surface area contributed by atoms with Gasteiger partial charge in [-0.3, -0.25) is 0 Å². The Kier molecular flexibility index (Phi) is 12.4. The molecule has 218 valence electrons. The normalized spacial score (nSPS) is 25.8. The molecule has 0 bridgehead atoms. The van der Waals surface area contributed by atoms with Gasteiger partial charge in [-0.05, 0) is 117 Å². The Bertz CT molecular complexity index is 1220. The second-order valence-corrected chi connectivity index (χ2v) is 13.5. The predicted molar refractivity (Wildman–Crippen MR) is 152 cm³/mol. The number of benzene rings is 1. The Labute approximate surface area is 262 Å². The molecule has 1 fully saturated rings. The van der Waals surface area contributed by atoms with Crippen LogP contribution in [0.1, 0.15) is 91.5 Å². The molecular formula is C31H45NaO7S. The second kappa shape index (κ2) is 14.3. The summed E-state index contributed by atoms with van der Waals surface area (Å²) in [4.78, 5) is 0. The van der Waals surface area contributed by atoms with E-state index in [9.17, 15) is 28.3 Å². The van der Waals surface area contributed by atoms with Gasteiger partial charge in [-0.25, -0.2) is 8.42 Å². The van der Waals surface area contributed by atoms with Crippen LogP contribution < -0.4 is 29.6 Å². The average molecular weight is 585 g/mol. The molecule has 1 aromatic rings. The summed E-state index contributed by atoms with van der Waals surface area (Å²) in [7, 11) is -4.88. The van der Waals surface area contributed by atoms with Crippen molar-refractivity contribution in [2.75, 3.05) is 0 Å². The maximum atomic E-state index is 11.2. The Hall–Kier alpha value is -1.29. The molecule has 0 amide bonds. The minimum Gasteiger partial charge on any atom is -0.716 e. The fraction of sp³-hybridized carbons (Fsp3) is 0.613. The molecule has 0 saturated heterocycles. The predicted octanol–water partition coefficient (Wildman–Crippen LogP) is 3.67. The fourth-order valence-electron chi connectivity index (χ4n) is 7.09. The van der Waals surface area contributed by atoms with E-state index in [0.717, 1.165) is 19.1 Å². The van der Waals surface area contributed by atoms with Gasteiger partial charge in [0.15, 0.2) is 0 Å². The summed E-state index contributed by atoms with van der Waals surface area (Å²) in [6.45, 7) is 11.1. The van der Waals surface area contributed by atoms with Gasteiger partial charge in [0.1, 0.15) is 17.8 Å². The number of phenols is 2. The number of hydrogen-bond donors (Lipinski definition) is 3. The monoisotopic (exact) mass is 584 g/mol. The molecule has 2 aliphatic rings. The minimum absolute atomic E-state index is 0. The SMILES string of the molecule is CC1=CC[C@H]2C(C)(C)CCC[C@]2(C)[C@H]1CC/C(=C\OS(=O)(=O)[O-])CCC(O)/C(C)=C/Cc1cc(O)ccc1O.[Na+]. The van der Waals surface area contributed by atoms with Crippen LogP contribution in [0.4, 0.5) is 0 Å². The quantitative estimate of drug-likeness (QED) is 0.0905. The molecule has 0 spiro atoms.